The Bertz CT molecular complexity index is 4270. The third kappa shape index (κ3) is 5.78. The minimum atomic E-state index is 1.21. The fraction of sp³-hybridized carbons (Fsp3) is 0. The lowest BCUT2D eigenvalue weighted by molar-refractivity contribution is 1.64. The molecule has 0 bridgehead atoms. The van der Waals surface area contributed by atoms with Gasteiger partial charge in [0.05, 0.1) is 0 Å². The highest BCUT2D eigenvalue weighted by molar-refractivity contribution is 6.27. The molecule has 15 aromatic carbocycles. The van der Waals surface area contributed by atoms with E-state index in [2.05, 4.69) is 255 Å². The van der Waals surface area contributed by atoms with E-state index in [1.165, 1.54) is 152 Å². The van der Waals surface area contributed by atoms with Gasteiger partial charge in [-0.1, -0.05) is 231 Å². The van der Waals surface area contributed by atoms with Crippen LogP contribution < -0.4 is 0 Å². The van der Waals surface area contributed by atoms with Gasteiger partial charge in [0.1, 0.15) is 0 Å². The van der Waals surface area contributed by atoms with Gasteiger partial charge in [-0.3, -0.25) is 0 Å². The summed E-state index contributed by atoms with van der Waals surface area (Å²) in [6.45, 7) is 0. The Balaban J connectivity index is 0.907. The van der Waals surface area contributed by atoms with E-state index < -0.39 is 0 Å². The summed E-state index contributed by atoms with van der Waals surface area (Å²) in [5.41, 5.74) is 10.0. The van der Waals surface area contributed by atoms with Gasteiger partial charge < -0.3 is 0 Å². The number of fused-ring (bicyclic) bond motifs is 12. The summed E-state index contributed by atoms with van der Waals surface area (Å²) in [6.07, 6.45) is 0. The van der Waals surface area contributed by atoms with Crippen LogP contribution in [0.15, 0.2) is 255 Å². The van der Waals surface area contributed by atoms with Crippen LogP contribution in [0.1, 0.15) is 0 Å². The van der Waals surface area contributed by atoms with Crippen molar-refractivity contribution in [2.24, 2.45) is 0 Å². The normalized spacial score (nSPS) is 12.0. The minimum Gasteiger partial charge on any atom is -0.0616 e. The molecule has 0 aliphatic heterocycles. The maximum atomic E-state index is 2.37. The molecule has 0 fully saturated rings. The first-order valence-corrected chi connectivity index (χ1v) is 24.4. The molecule has 0 atom stereocenters. The zero-order valence-corrected chi connectivity index (χ0v) is 38.2. The van der Waals surface area contributed by atoms with Crippen molar-refractivity contribution >= 4 is 108 Å². The van der Waals surface area contributed by atoms with Gasteiger partial charge in [-0.05, 0) is 176 Å². The Morgan fingerprint density at radius 1 is 0.143 bits per heavy atom. The molecule has 322 valence electrons. The van der Waals surface area contributed by atoms with E-state index in [9.17, 15) is 0 Å². The Morgan fingerprint density at radius 3 is 0.771 bits per heavy atom. The molecule has 0 aliphatic rings. The third-order valence-corrected chi connectivity index (χ3v) is 15.4. The van der Waals surface area contributed by atoms with Crippen LogP contribution >= 0.6 is 0 Å². The van der Waals surface area contributed by atoms with Crippen molar-refractivity contribution in [1.29, 1.82) is 0 Å². The SMILES string of the molecule is c1ccc2cc3c(ccc4c(-c5c6ccccc6c(-c6ccc(-c7c8ccccc8c(-c8cccc9c8ccc8cc%10ccccc%10cc89)c8ccccc78)cc6)c6ccccc56)cccc43)cc2c1. The second-order valence-corrected chi connectivity index (χ2v) is 19.0. The fourth-order valence-corrected chi connectivity index (χ4v) is 12.3. The third-order valence-electron chi connectivity index (χ3n) is 15.4. The van der Waals surface area contributed by atoms with Crippen LogP contribution in [0.25, 0.3) is 152 Å². The van der Waals surface area contributed by atoms with Crippen molar-refractivity contribution in [3.05, 3.63) is 255 Å². The molecule has 0 saturated carbocycles. The lowest BCUT2D eigenvalue weighted by Gasteiger charge is -2.20. The standard InChI is InChI=1S/C70H42/c1-3-17-47-41-65-49(39-45(47)15-1)35-37-53-51(65)27-13-29-55(53)69-61-23-9-5-19-57(61)67(58-20-6-10-24-62(58)69)43-31-33-44(34-32-43)68-59-21-7-11-25-63(59)70(64-26-12-8-22-60(64)68)56-30-14-28-52-54(56)38-36-50-40-46-16-2-4-18-48(46)42-66(50)52/h1-42H. The largest absolute Gasteiger partial charge is 0.0616 e. The van der Waals surface area contributed by atoms with Crippen molar-refractivity contribution in [1.82, 2.24) is 0 Å². The summed E-state index contributed by atoms with van der Waals surface area (Å²) in [5.74, 6) is 0. The monoisotopic (exact) mass is 882 g/mol. The average molecular weight is 883 g/mol. The first kappa shape index (κ1) is 38.9. The van der Waals surface area contributed by atoms with Crippen LogP contribution in [0, 0.1) is 0 Å². The van der Waals surface area contributed by atoms with Crippen molar-refractivity contribution in [2.75, 3.05) is 0 Å². The summed E-state index contributed by atoms with van der Waals surface area (Å²) in [4.78, 5) is 0. The Morgan fingerprint density at radius 2 is 0.429 bits per heavy atom. The molecule has 0 heteroatoms. The fourth-order valence-electron chi connectivity index (χ4n) is 12.3. The minimum absolute atomic E-state index is 1.21. The molecule has 0 N–H and O–H groups in total. The molecule has 15 rings (SSSR count). The molecular formula is C70H42. The zero-order valence-electron chi connectivity index (χ0n) is 38.2. The van der Waals surface area contributed by atoms with Gasteiger partial charge in [0.15, 0.2) is 0 Å². The van der Waals surface area contributed by atoms with Crippen LogP contribution in [-0.2, 0) is 0 Å². The summed E-state index contributed by atoms with van der Waals surface area (Å²) in [7, 11) is 0. The Labute approximate surface area is 404 Å². The lowest BCUT2D eigenvalue weighted by Crippen LogP contribution is -1.93. The smallest absolute Gasteiger partial charge is 0.00201 e. The van der Waals surface area contributed by atoms with E-state index in [4.69, 9.17) is 0 Å². The van der Waals surface area contributed by atoms with Crippen LogP contribution in [0.3, 0.4) is 0 Å². The van der Waals surface area contributed by atoms with Gasteiger partial charge >= 0.3 is 0 Å². The second kappa shape index (κ2) is 15.2. The quantitative estimate of drug-likeness (QED) is 0.122. The topological polar surface area (TPSA) is 0 Å². The molecule has 0 saturated heterocycles. The first-order valence-electron chi connectivity index (χ1n) is 24.4. The highest BCUT2D eigenvalue weighted by Crippen LogP contribution is 2.49. The van der Waals surface area contributed by atoms with E-state index in [0.717, 1.165) is 0 Å². The van der Waals surface area contributed by atoms with Gasteiger partial charge in [0.25, 0.3) is 0 Å². The molecule has 0 unspecified atom stereocenters. The number of hydrogen-bond donors (Lipinski definition) is 0. The van der Waals surface area contributed by atoms with Crippen LogP contribution in [0.4, 0.5) is 0 Å². The molecule has 0 nitrogen and oxygen atoms in total. The molecule has 0 radical (unpaired) electrons. The second-order valence-electron chi connectivity index (χ2n) is 19.0. The van der Waals surface area contributed by atoms with Crippen molar-refractivity contribution in [2.45, 2.75) is 0 Å². The number of benzene rings is 15. The van der Waals surface area contributed by atoms with Gasteiger partial charge in [0.2, 0.25) is 0 Å². The van der Waals surface area contributed by atoms with E-state index >= 15 is 0 Å². The van der Waals surface area contributed by atoms with E-state index in [1.807, 2.05) is 0 Å². The number of hydrogen-bond acceptors (Lipinski definition) is 0. The van der Waals surface area contributed by atoms with E-state index in [0.29, 0.717) is 0 Å². The molecular weight excluding hydrogens is 841 g/mol. The lowest BCUT2D eigenvalue weighted by atomic mass is 9.83. The van der Waals surface area contributed by atoms with E-state index in [1.54, 1.807) is 0 Å². The Kier molecular flexibility index (Phi) is 8.46. The molecule has 0 spiro atoms. The average Bonchev–Trinajstić information content (AvgIpc) is 3.42. The molecule has 0 aliphatic carbocycles. The predicted octanol–water partition coefficient (Wildman–Crippen LogP) is 19.9. The highest BCUT2D eigenvalue weighted by Gasteiger charge is 2.21. The van der Waals surface area contributed by atoms with Gasteiger partial charge in [0, 0.05) is 0 Å². The maximum Gasteiger partial charge on any atom is -0.00201 e. The molecule has 70 heavy (non-hydrogen) atoms. The summed E-state index contributed by atoms with van der Waals surface area (Å²) in [5, 5.41) is 25.3. The summed E-state index contributed by atoms with van der Waals surface area (Å²) >= 11 is 0. The molecule has 15 aromatic rings. The van der Waals surface area contributed by atoms with Crippen molar-refractivity contribution in [3.8, 4) is 44.5 Å². The summed E-state index contributed by atoms with van der Waals surface area (Å²) in [6, 6.07) is 95.3. The molecule has 0 aromatic heterocycles. The first-order chi connectivity index (χ1) is 34.7. The van der Waals surface area contributed by atoms with Crippen molar-refractivity contribution in [3.63, 3.8) is 0 Å². The van der Waals surface area contributed by atoms with Crippen LogP contribution in [0.2, 0.25) is 0 Å². The predicted molar refractivity (Wildman–Crippen MR) is 303 cm³/mol. The summed E-state index contributed by atoms with van der Waals surface area (Å²) < 4.78 is 0. The van der Waals surface area contributed by atoms with E-state index in [-0.39, 0.29) is 0 Å². The maximum absolute atomic E-state index is 2.37. The highest BCUT2D eigenvalue weighted by atomic mass is 14.2. The molecule has 0 heterocycles. The zero-order chi connectivity index (χ0) is 45.9. The molecule has 0 amide bonds. The Hall–Kier alpha value is -9.10. The van der Waals surface area contributed by atoms with Gasteiger partial charge in [-0.25, -0.2) is 0 Å². The van der Waals surface area contributed by atoms with Crippen molar-refractivity contribution < 1.29 is 0 Å². The van der Waals surface area contributed by atoms with Crippen LogP contribution in [-0.4, -0.2) is 0 Å². The van der Waals surface area contributed by atoms with Gasteiger partial charge in [-0.2, -0.15) is 0 Å². The van der Waals surface area contributed by atoms with Crippen LogP contribution in [0.5, 0.6) is 0 Å². The van der Waals surface area contributed by atoms with Gasteiger partial charge in [-0.15, -0.1) is 0 Å². The number of rotatable bonds is 4.